The molecule has 162 valence electrons. The lowest BCUT2D eigenvalue weighted by atomic mass is 10.0. The largest absolute Gasteiger partial charge is 0.507 e. The number of carbonyl (C=O) groups excluding carboxylic acids is 1. The van der Waals surface area contributed by atoms with Gasteiger partial charge >= 0.3 is 5.97 Å². The van der Waals surface area contributed by atoms with Crippen LogP contribution in [0.4, 0.5) is 0 Å². The molecule has 0 fully saturated rings. The van der Waals surface area contributed by atoms with Crippen molar-refractivity contribution in [1.82, 2.24) is 9.97 Å². The maximum Gasteiger partial charge on any atom is 0.338 e. The number of para-hydroxylation sites is 1. The number of ether oxygens (including phenoxy) is 1. The Hall–Kier alpha value is -3.21. The quantitative estimate of drug-likeness (QED) is 0.310. The number of hydrogen-bond donors (Lipinski definition) is 1. The van der Waals surface area contributed by atoms with Crippen LogP contribution in [-0.4, -0.2) is 27.7 Å². The Kier molecular flexibility index (Phi) is 8.16. The molecular formula is C26H30N2O3. The van der Waals surface area contributed by atoms with Crippen molar-refractivity contribution < 1.29 is 14.6 Å². The molecule has 1 unspecified atom stereocenters. The average molecular weight is 419 g/mol. The molecule has 0 saturated heterocycles. The number of phenolic OH excluding ortho intramolecular Hbond substituents is 1. The fourth-order valence-electron chi connectivity index (χ4n) is 3.39. The zero-order chi connectivity index (χ0) is 22.1. The van der Waals surface area contributed by atoms with Crippen molar-refractivity contribution in [1.29, 1.82) is 0 Å². The molecule has 0 aliphatic carbocycles. The fourth-order valence-corrected chi connectivity index (χ4v) is 3.39. The maximum atomic E-state index is 12.3. The molecule has 0 aliphatic rings. The smallest absolute Gasteiger partial charge is 0.338 e. The molecule has 1 aromatic heterocycles. The third-order valence-electron chi connectivity index (χ3n) is 5.30. The average Bonchev–Trinajstić information content (AvgIpc) is 2.81. The molecule has 5 nitrogen and oxygen atoms in total. The van der Waals surface area contributed by atoms with E-state index in [9.17, 15) is 9.90 Å². The van der Waals surface area contributed by atoms with Crippen molar-refractivity contribution in [2.24, 2.45) is 5.92 Å². The summed E-state index contributed by atoms with van der Waals surface area (Å²) in [6.45, 7) is 4.77. The van der Waals surface area contributed by atoms with Gasteiger partial charge in [0.25, 0.3) is 0 Å². The van der Waals surface area contributed by atoms with Crippen molar-refractivity contribution in [3.8, 4) is 28.3 Å². The van der Waals surface area contributed by atoms with Crippen LogP contribution in [0.3, 0.4) is 0 Å². The van der Waals surface area contributed by atoms with Crippen LogP contribution in [-0.2, 0) is 4.74 Å². The van der Waals surface area contributed by atoms with E-state index in [-0.39, 0.29) is 11.7 Å². The summed E-state index contributed by atoms with van der Waals surface area (Å²) in [5.74, 6) is 0.815. The van der Waals surface area contributed by atoms with E-state index in [1.807, 2.05) is 24.3 Å². The van der Waals surface area contributed by atoms with Crippen LogP contribution in [0.15, 0.2) is 60.9 Å². The zero-order valence-corrected chi connectivity index (χ0v) is 18.3. The van der Waals surface area contributed by atoms with E-state index < -0.39 is 0 Å². The van der Waals surface area contributed by atoms with Gasteiger partial charge in [-0.1, -0.05) is 69.9 Å². The van der Waals surface area contributed by atoms with Crippen LogP contribution in [0.5, 0.6) is 5.75 Å². The molecule has 0 spiro atoms. The SMILES string of the molecule is CCCCCCC(C)COC(=O)c1ccc(-c2ncc(-c3ccccc3O)cn2)cc1. The minimum Gasteiger partial charge on any atom is -0.507 e. The lowest BCUT2D eigenvalue weighted by Gasteiger charge is -2.12. The molecule has 2 aromatic carbocycles. The molecule has 1 N–H and O–H groups in total. The second kappa shape index (κ2) is 11.3. The van der Waals surface area contributed by atoms with Crippen LogP contribution in [0.1, 0.15) is 56.3 Å². The van der Waals surface area contributed by atoms with Gasteiger partial charge in [0.1, 0.15) is 5.75 Å². The van der Waals surface area contributed by atoms with Gasteiger partial charge in [0.05, 0.1) is 12.2 Å². The third-order valence-corrected chi connectivity index (χ3v) is 5.30. The van der Waals surface area contributed by atoms with Crippen molar-refractivity contribution in [3.05, 3.63) is 66.5 Å². The molecule has 1 heterocycles. The Morgan fingerprint density at radius 2 is 1.68 bits per heavy atom. The molecule has 0 bridgehead atoms. The number of nitrogens with zero attached hydrogens (tertiary/aromatic N) is 2. The van der Waals surface area contributed by atoms with Gasteiger partial charge in [-0.15, -0.1) is 0 Å². The van der Waals surface area contributed by atoms with Crippen molar-refractivity contribution in [3.63, 3.8) is 0 Å². The highest BCUT2D eigenvalue weighted by atomic mass is 16.5. The number of aromatic nitrogens is 2. The van der Waals surface area contributed by atoms with Crippen LogP contribution in [0.25, 0.3) is 22.5 Å². The van der Waals surface area contributed by atoms with Crippen LogP contribution < -0.4 is 0 Å². The molecule has 3 rings (SSSR count). The maximum absolute atomic E-state index is 12.3. The number of benzene rings is 2. The molecule has 31 heavy (non-hydrogen) atoms. The molecule has 0 amide bonds. The number of esters is 1. The lowest BCUT2D eigenvalue weighted by Crippen LogP contribution is -2.12. The summed E-state index contributed by atoms with van der Waals surface area (Å²) in [5.41, 5.74) is 2.76. The second-order valence-electron chi connectivity index (χ2n) is 7.94. The lowest BCUT2D eigenvalue weighted by molar-refractivity contribution is 0.0442. The first-order valence-corrected chi connectivity index (χ1v) is 11.0. The van der Waals surface area contributed by atoms with Crippen LogP contribution in [0.2, 0.25) is 0 Å². The summed E-state index contributed by atoms with van der Waals surface area (Å²) in [5, 5.41) is 9.98. The van der Waals surface area contributed by atoms with Gasteiger partial charge in [0.2, 0.25) is 0 Å². The van der Waals surface area contributed by atoms with Crippen LogP contribution >= 0.6 is 0 Å². The van der Waals surface area contributed by atoms with E-state index in [4.69, 9.17) is 4.74 Å². The molecule has 0 saturated carbocycles. The Morgan fingerprint density at radius 3 is 2.35 bits per heavy atom. The Morgan fingerprint density at radius 1 is 0.968 bits per heavy atom. The van der Waals surface area contributed by atoms with E-state index in [1.54, 1.807) is 36.7 Å². The van der Waals surface area contributed by atoms with E-state index >= 15 is 0 Å². The summed E-state index contributed by atoms with van der Waals surface area (Å²) in [6, 6.07) is 14.2. The summed E-state index contributed by atoms with van der Waals surface area (Å²) in [7, 11) is 0. The Bertz CT molecular complexity index is 969. The second-order valence-corrected chi connectivity index (χ2v) is 7.94. The number of rotatable bonds is 10. The number of aromatic hydroxyl groups is 1. The zero-order valence-electron chi connectivity index (χ0n) is 18.3. The highest BCUT2D eigenvalue weighted by Gasteiger charge is 2.11. The highest BCUT2D eigenvalue weighted by Crippen LogP contribution is 2.28. The van der Waals surface area contributed by atoms with E-state index in [2.05, 4.69) is 23.8 Å². The van der Waals surface area contributed by atoms with Crippen molar-refractivity contribution in [2.45, 2.75) is 46.0 Å². The van der Waals surface area contributed by atoms with Crippen molar-refractivity contribution >= 4 is 5.97 Å². The topological polar surface area (TPSA) is 72.3 Å². The Labute approximate surface area is 184 Å². The van der Waals surface area contributed by atoms with Gasteiger partial charge in [-0.05, 0) is 30.5 Å². The molecule has 3 aromatic rings. The molecular weight excluding hydrogens is 388 g/mol. The van der Waals surface area contributed by atoms with Gasteiger partial charge in [-0.3, -0.25) is 0 Å². The van der Waals surface area contributed by atoms with Gasteiger partial charge in [0, 0.05) is 29.1 Å². The molecule has 1 atom stereocenters. The standard InChI is InChI=1S/C26H30N2O3/c1-3-4-5-6-9-19(2)18-31-26(30)21-14-12-20(13-15-21)25-27-16-22(17-28-25)23-10-7-8-11-24(23)29/h7-8,10-17,19,29H,3-6,9,18H2,1-2H3. The number of carbonyl (C=O) groups is 1. The molecule has 0 radical (unpaired) electrons. The predicted molar refractivity (Wildman–Crippen MR) is 123 cm³/mol. The van der Waals surface area contributed by atoms with Crippen LogP contribution in [0, 0.1) is 5.92 Å². The van der Waals surface area contributed by atoms with Gasteiger partial charge in [-0.25, -0.2) is 14.8 Å². The first kappa shape index (κ1) is 22.5. The minimum atomic E-state index is -0.303. The minimum absolute atomic E-state index is 0.192. The van der Waals surface area contributed by atoms with E-state index in [0.717, 1.165) is 17.5 Å². The number of phenols is 1. The van der Waals surface area contributed by atoms with Gasteiger partial charge < -0.3 is 9.84 Å². The predicted octanol–water partition coefficient (Wildman–Crippen LogP) is 6.28. The number of unbranched alkanes of at least 4 members (excludes halogenated alkanes) is 3. The third kappa shape index (κ3) is 6.38. The summed E-state index contributed by atoms with van der Waals surface area (Å²) < 4.78 is 5.47. The Balaban J connectivity index is 1.56. The molecule has 0 aliphatic heterocycles. The summed E-state index contributed by atoms with van der Waals surface area (Å²) in [6.07, 6.45) is 9.37. The number of hydrogen-bond acceptors (Lipinski definition) is 5. The molecule has 5 heteroatoms. The highest BCUT2D eigenvalue weighted by molar-refractivity contribution is 5.89. The normalized spacial score (nSPS) is 11.8. The summed E-state index contributed by atoms with van der Waals surface area (Å²) >= 11 is 0. The first-order chi connectivity index (χ1) is 15.1. The summed E-state index contributed by atoms with van der Waals surface area (Å²) in [4.78, 5) is 21.1. The van der Waals surface area contributed by atoms with Gasteiger partial charge in [-0.2, -0.15) is 0 Å². The monoisotopic (exact) mass is 418 g/mol. The van der Waals surface area contributed by atoms with Gasteiger partial charge in [0.15, 0.2) is 5.82 Å². The fraction of sp³-hybridized carbons (Fsp3) is 0.346. The van der Waals surface area contributed by atoms with E-state index in [1.165, 1.54) is 25.7 Å². The van der Waals surface area contributed by atoms with E-state index in [0.29, 0.717) is 29.5 Å². The first-order valence-electron chi connectivity index (χ1n) is 11.0. The van der Waals surface area contributed by atoms with Crippen molar-refractivity contribution in [2.75, 3.05) is 6.61 Å².